The van der Waals surface area contributed by atoms with Gasteiger partial charge in [-0.3, -0.25) is 4.79 Å². The number of nitrogens with zero attached hydrogens (tertiary/aromatic N) is 1. The summed E-state index contributed by atoms with van der Waals surface area (Å²) >= 11 is 0. The summed E-state index contributed by atoms with van der Waals surface area (Å²) in [5.74, 6) is 1.61. The Kier molecular flexibility index (Phi) is 6.57. The van der Waals surface area contributed by atoms with Crippen molar-refractivity contribution < 1.29 is 9.53 Å². The van der Waals surface area contributed by atoms with Crippen LogP contribution in [-0.2, 0) is 9.53 Å². The number of rotatable bonds is 4. The van der Waals surface area contributed by atoms with Crippen LogP contribution < -0.4 is 5.32 Å². The van der Waals surface area contributed by atoms with Crippen molar-refractivity contribution >= 4 is 18.3 Å². The Hall–Kier alpha value is -0.320. The van der Waals surface area contributed by atoms with Gasteiger partial charge in [-0.05, 0) is 31.3 Å². The quantitative estimate of drug-likeness (QED) is 0.854. The second-order valence-electron chi connectivity index (χ2n) is 6.10. The summed E-state index contributed by atoms with van der Waals surface area (Å²) in [6.07, 6.45) is 1.04. The lowest BCUT2D eigenvalue weighted by molar-refractivity contribution is -0.146. The van der Waals surface area contributed by atoms with Gasteiger partial charge in [-0.15, -0.1) is 12.4 Å². The molecular weight excluding hydrogens is 264 g/mol. The number of carbonyl (C=O) groups is 1. The molecular formula is C14H27ClN2O2. The molecule has 1 amide bonds. The van der Waals surface area contributed by atoms with E-state index in [0.717, 1.165) is 26.1 Å². The van der Waals surface area contributed by atoms with Gasteiger partial charge in [0, 0.05) is 12.5 Å². The molecule has 4 nitrogen and oxygen atoms in total. The molecule has 2 rings (SSSR count). The van der Waals surface area contributed by atoms with E-state index in [-0.39, 0.29) is 24.4 Å². The minimum Gasteiger partial charge on any atom is -0.377 e. The van der Waals surface area contributed by atoms with E-state index in [1.165, 1.54) is 0 Å². The fourth-order valence-corrected chi connectivity index (χ4v) is 2.81. The zero-order chi connectivity index (χ0) is 13.1. The van der Waals surface area contributed by atoms with Crippen molar-refractivity contribution in [3.63, 3.8) is 0 Å². The first-order valence-electron chi connectivity index (χ1n) is 7.18. The van der Waals surface area contributed by atoms with Gasteiger partial charge in [0.25, 0.3) is 0 Å². The van der Waals surface area contributed by atoms with Crippen LogP contribution in [0.5, 0.6) is 0 Å². The van der Waals surface area contributed by atoms with Crippen molar-refractivity contribution in [2.45, 2.75) is 33.2 Å². The SMILES string of the molecule is CC(C)CC1COCCN1C(=O)C(C)C1CNC1.Cl. The fourth-order valence-electron chi connectivity index (χ4n) is 2.81. The molecule has 19 heavy (non-hydrogen) atoms. The molecule has 1 N–H and O–H groups in total. The molecule has 2 heterocycles. The smallest absolute Gasteiger partial charge is 0.226 e. The highest BCUT2D eigenvalue weighted by molar-refractivity contribution is 5.85. The number of morpholine rings is 1. The van der Waals surface area contributed by atoms with Gasteiger partial charge in [0.2, 0.25) is 5.91 Å². The third-order valence-electron chi connectivity index (χ3n) is 4.16. The lowest BCUT2D eigenvalue weighted by atomic mass is 9.87. The van der Waals surface area contributed by atoms with Crippen LogP contribution in [0.15, 0.2) is 0 Å². The number of amides is 1. The van der Waals surface area contributed by atoms with Gasteiger partial charge in [0.05, 0.1) is 19.3 Å². The van der Waals surface area contributed by atoms with Crippen molar-refractivity contribution in [2.24, 2.45) is 17.8 Å². The maximum absolute atomic E-state index is 12.6. The van der Waals surface area contributed by atoms with E-state index in [1.54, 1.807) is 0 Å². The molecule has 2 unspecified atom stereocenters. The summed E-state index contributed by atoms with van der Waals surface area (Å²) < 4.78 is 5.54. The summed E-state index contributed by atoms with van der Waals surface area (Å²) in [6.45, 7) is 10.6. The first kappa shape index (κ1) is 16.7. The number of nitrogens with one attached hydrogen (secondary N) is 1. The van der Waals surface area contributed by atoms with E-state index in [4.69, 9.17) is 4.74 Å². The zero-order valence-corrected chi connectivity index (χ0v) is 13.0. The van der Waals surface area contributed by atoms with E-state index < -0.39 is 0 Å². The van der Waals surface area contributed by atoms with Gasteiger partial charge >= 0.3 is 0 Å². The molecule has 2 aliphatic rings. The monoisotopic (exact) mass is 290 g/mol. The summed E-state index contributed by atoms with van der Waals surface area (Å²) in [6, 6.07) is 0.279. The molecule has 0 saturated carbocycles. The predicted octanol–water partition coefficient (Wildman–Crippen LogP) is 1.54. The van der Waals surface area contributed by atoms with Gasteiger partial charge in [-0.25, -0.2) is 0 Å². The Bertz CT molecular complexity index is 295. The maximum Gasteiger partial charge on any atom is 0.226 e. The molecule has 0 aromatic heterocycles. The van der Waals surface area contributed by atoms with Crippen LogP contribution in [0, 0.1) is 17.8 Å². The van der Waals surface area contributed by atoms with Gasteiger partial charge in [-0.1, -0.05) is 20.8 Å². The fraction of sp³-hybridized carbons (Fsp3) is 0.929. The Balaban J connectivity index is 0.00000180. The highest BCUT2D eigenvalue weighted by Gasteiger charge is 2.35. The molecule has 2 fully saturated rings. The first-order valence-corrected chi connectivity index (χ1v) is 7.18. The molecule has 0 bridgehead atoms. The summed E-state index contributed by atoms with van der Waals surface area (Å²) in [5, 5.41) is 3.25. The first-order chi connectivity index (χ1) is 8.59. The minimum atomic E-state index is 0. The number of hydrogen-bond donors (Lipinski definition) is 1. The molecule has 0 aromatic rings. The van der Waals surface area contributed by atoms with E-state index in [2.05, 4.69) is 31.0 Å². The van der Waals surface area contributed by atoms with Crippen LogP contribution in [0.2, 0.25) is 0 Å². The van der Waals surface area contributed by atoms with Crippen LogP contribution >= 0.6 is 12.4 Å². The van der Waals surface area contributed by atoms with Crippen LogP contribution in [0.25, 0.3) is 0 Å². The minimum absolute atomic E-state index is 0. The van der Waals surface area contributed by atoms with Crippen LogP contribution in [0.4, 0.5) is 0 Å². The molecule has 5 heteroatoms. The molecule has 112 valence electrons. The highest BCUT2D eigenvalue weighted by atomic mass is 35.5. The van der Waals surface area contributed by atoms with Crippen LogP contribution in [-0.4, -0.2) is 49.7 Å². The number of ether oxygens (including phenoxy) is 1. The van der Waals surface area contributed by atoms with Crippen molar-refractivity contribution in [1.29, 1.82) is 0 Å². The average Bonchev–Trinajstić information content (AvgIpc) is 2.25. The van der Waals surface area contributed by atoms with Crippen molar-refractivity contribution in [1.82, 2.24) is 10.2 Å². The van der Waals surface area contributed by atoms with Crippen LogP contribution in [0.1, 0.15) is 27.2 Å². The molecule has 0 aromatic carbocycles. The average molecular weight is 291 g/mol. The number of carbonyl (C=O) groups excluding carboxylic acids is 1. The summed E-state index contributed by atoms with van der Waals surface area (Å²) in [5.41, 5.74) is 0. The standard InChI is InChI=1S/C14H26N2O2.ClH/c1-10(2)6-13-9-18-5-4-16(13)14(17)11(3)12-7-15-8-12;/h10-13,15H,4-9H2,1-3H3;1H. The van der Waals surface area contributed by atoms with Gasteiger partial charge in [0.15, 0.2) is 0 Å². The third kappa shape index (κ3) is 4.07. The highest BCUT2D eigenvalue weighted by Crippen LogP contribution is 2.23. The largest absolute Gasteiger partial charge is 0.377 e. The zero-order valence-electron chi connectivity index (χ0n) is 12.2. The van der Waals surface area contributed by atoms with Gasteiger partial charge in [0.1, 0.15) is 0 Å². The summed E-state index contributed by atoms with van der Waals surface area (Å²) in [4.78, 5) is 14.6. The Morgan fingerprint density at radius 1 is 1.37 bits per heavy atom. The molecule has 0 radical (unpaired) electrons. The molecule has 0 spiro atoms. The second kappa shape index (κ2) is 7.46. The third-order valence-corrected chi connectivity index (χ3v) is 4.16. The molecule has 2 atom stereocenters. The Labute approximate surface area is 122 Å². The van der Waals surface area contributed by atoms with Crippen molar-refractivity contribution in [3.05, 3.63) is 0 Å². The van der Waals surface area contributed by atoms with Gasteiger partial charge in [-0.2, -0.15) is 0 Å². The van der Waals surface area contributed by atoms with E-state index >= 15 is 0 Å². The molecule has 2 aliphatic heterocycles. The molecule has 2 saturated heterocycles. The lowest BCUT2D eigenvalue weighted by Crippen LogP contribution is -2.55. The number of hydrogen-bond acceptors (Lipinski definition) is 3. The second-order valence-corrected chi connectivity index (χ2v) is 6.10. The number of halogens is 1. The topological polar surface area (TPSA) is 41.6 Å². The normalized spacial score (nSPS) is 25.7. The Morgan fingerprint density at radius 2 is 2.05 bits per heavy atom. The predicted molar refractivity (Wildman–Crippen MR) is 78.5 cm³/mol. The maximum atomic E-state index is 12.6. The Morgan fingerprint density at radius 3 is 2.58 bits per heavy atom. The van der Waals surface area contributed by atoms with E-state index in [1.807, 2.05) is 0 Å². The van der Waals surface area contributed by atoms with Crippen molar-refractivity contribution in [3.8, 4) is 0 Å². The summed E-state index contributed by atoms with van der Waals surface area (Å²) in [7, 11) is 0. The van der Waals surface area contributed by atoms with Crippen molar-refractivity contribution in [2.75, 3.05) is 32.8 Å². The van der Waals surface area contributed by atoms with E-state index in [0.29, 0.717) is 31.0 Å². The molecule has 0 aliphatic carbocycles. The van der Waals surface area contributed by atoms with Gasteiger partial charge < -0.3 is 15.0 Å². The van der Waals surface area contributed by atoms with E-state index in [9.17, 15) is 4.79 Å². The lowest BCUT2D eigenvalue weighted by Gasteiger charge is -2.41. The van der Waals surface area contributed by atoms with Crippen LogP contribution in [0.3, 0.4) is 0 Å².